The molecule has 3 rings (SSSR count). The third kappa shape index (κ3) is 1.98. The normalized spacial score (nSPS) is 36.6. The zero-order chi connectivity index (χ0) is 12.5. The van der Waals surface area contributed by atoms with Gasteiger partial charge in [-0.3, -0.25) is 4.79 Å². The minimum absolute atomic E-state index is 0.275. The van der Waals surface area contributed by atoms with E-state index < -0.39 is 5.97 Å². The van der Waals surface area contributed by atoms with Crippen LogP contribution in [0.3, 0.4) is 0 Å². The summed E-state index contributed by atoms with van der Waals surface area (Å²) in [6.07, 6.45) is 13.3. The van der Waals surface area contributed by atoms with Gasteiger partial charge in [-0.2, -0.15) is 0 Å². The monoisotopic (exact) mass is 245 g/mol. The second kappa shape index (κ2) is 4.63. The first-order chi connectivity index (χ1) is 8.75. The largest absolute Gasteiger partial charge is 0.481 e. The van der Waals surface area contributed by atoms with Gasteiger partial charge in [0, 0.05) is 30.5 Å². The Bertz CT molecular complexity index is 436. The summed E-state index contributed by atoms with van der Waals surface area (Å²) in [5, 5.41) is 12.3. The summed E-state index contributed by atoms with van der Waals surface area (Å²) in [6.45, 7) is 1.03. The van der Waals surface area contributed by atoms with Gasteiger partial charge in [0.1, 0.15) is 0 Å². The van der Waals surface area contributed by atoms with E-state index in [1.807, 2.05) is 0 Å². The van der Waals surface area contributed by atoms with E-state index in [9.17, 15) is 4.79 Å². The van der Waals surface area contributed by atoms with Crippen LogP contribution in [0.4, 0.5) is 0 Å². The molecule has 2 N–H and O–H groups in total. The van der Waals surface area contributed by atoms with Crippen LogP contribution < -0.4 is 5.32 Å². The molecule has 2 aliphatic carbocycles. The molecule has 3 aliphatic rings. The highest BCUT2D eigenvalue weighted by Gasteiger charge is 2.40. The molecule has 1 fully saturated rings. The number of carboxylic acids is 1. The number of carbonyl (C=O) groups is 1. The molecule has 2 bridgehead atoms. The number of aliphatic carboxylic acids is 1. The van der Waals surface area contributed by atoms with E-state index >= 15 is 0 Å². The SMILES string of the molecule is O=C(O)CCC1C2=CC3C=CC=CC3C1CCN2. The molecule has 0 spiro atoms. The van der Waals surface area contributed by atoms with Gasteiger partial charge in [-0.1, -0.05) is 30.4 Å². The van der Waals surface area contributed by atoms with Crippen molar-refractivity contribution in [2.24, 2.45) is 23.7 Å². The minimum atomic E-state index is -0.685. The minimum Gasteiger partial charge on any atom is -0.481 e. The van der Waals surface area contributed by atoms with Crippen molar-refractivity contribution in [1.82, 2.24) is 5.32 Å². The van der Waals surface area contributed by atoms with Gasteiger partial charge in [0.25, 0.3) is 0 Å². The summed E-state index contributed by atoms with van der Waals surface area (Å²) in [5.74, 6) is 1.41. The molecule has 4 atom stereocenters. The van der Waals surface area contributed by atoms with E-state index in [1.165, 1.54) is 5.70 Å². The fraction of sp³-hybridized carbons (Fsp3) is 0.533. The van der Waals surface area contributed by atoms with Crippen LogP contribution >= 0.6 is 0 Å². The van der Waals surface area contributed by atoms with Gasteiger partial charge in [-0.25, -0.2) is 0 Å². The first-order valence-corrected chi connectivity index (χ1v) is 6.78. The van der Waals surface area contributed by atoms with Crippen molar-refractivity contribution >= 4 is 5.97 Å². The summed E-state index contributed by atoms with van der Waals surface area (Å²) >= 11 is 0. The third-order valence-electron chi connectivity index (χ3n) is 4.48. The van der Waals surface area contributed by atoms with Crippen molar-refractivity contribution in [2.45, 2.75) is 19.3 Å². The molecule has 1 heterocycles. The summed E-state index contributed by atoms with van der Waals surface area (Å²) in [7, 11) is 0. The summed E-state index contributed by atoms with van der Waals surface area (Å²) < 4.78 is 0. The standard InChI is InChI=1S/C15H19NO2/c17-15(18)6-5-13-12-7-8-16-14(13)9-10-3-1-2-4-11(10)12/h1-4,9-13,16H,5-8H2,(H,17,18). The zero-order valence-electron chi connectivity index (χ0n) is 10.4. The highest BCUT2D eigenvalue weighted by molar-refractivity contribution is 5.66. The zero-order valence-corrected chi connectivity index (χ0v) is 10.4. The second-order valence-corrected chi connectivity index (χ2v) is 5.46. The molecule has 4 unspecified atom stereocenters. The first kappa shape index (κ1) is 11.6. The van der Waals surface area contributed by atoms with Crippen molar-refractivity contribution in [1.29, 1.82) is 0 Å². The molecule has 0 amide bonds. The molecule has 3 heteroatoms. The van der Waals surface area contributed by atoms with Crippen LogP contribution in [0.1, 0.15) is 19.3 Å². The molecule has 96 valence electrons. The van der Waals surface area contributed by atoms with Gasteiger partial charge in [0.15, 0.2) is 0 Å². The van der Waals surface area contributed by atoms with E-state index in [4.69, 9.17) is 5.11 Å². The predicted octanol–water partition coefficient (Wildman–Crippen LogP) is 2.33. The Morgan fingerprint density at radius 2 is 2.22 bits per heavy atom. The quantitative estimate of drug-likeness (QED) is 0.802. The van der Waals surface area contributed by atoms with Crippen LogP contribution in [0.2, 0.25) is 0 Å². The number of piperidine rings is 1. The predicted molar refractivity (Wildman–Crippen MR) is 69.8 cm³/mol. The fourth-order valence-corrected chi connectivity index (χ4v) is 3.68. The molecule has 0 aromatic rings. The average molecular weight is 245 g/mol. The summed E-state index contributed by atoms with van der Waals surface area (Å²) in [4.78, 5) is 10.8. The van der Waals surface area contributed by atoms with Gasteiger partial charge in [0.05, 0.1) is 0 Å². The molecule has 3 nitrogen and oxygen atoms in total. The Balaban J connectivity index is 1.84. The van der Waals surface area contributed by atoms with Gasteiger partial charge in [-0.05, 0) is 24.7 Å². The van der Waals surface area contributed by atoms with Gasteiger partial charge >= 0.3 is 5.97 Å². The number of rotatable bonds is 3. The van der Waals surface area contributed by atoms with Crippen molar-refractivity contribution in [3.05, 3.63) is 36.1 Å². The van der Waals surface area contributed by atoms with E-state index in [0.29, 0.717) is 23.7 Å². The molecule has 0 aromatic carbocycles. The number of allylic oxidation sites excluding steroid dienone is 6. The lowest BCUT2D eigenvalue weighted by molar-refractivity contribution is -0.137. The molecular formula is C15H19NO2. The van der Waals surface area contributed by atoms with E-state index in [0.717, 1.165) is 19.4 Å². The number of hydrogen-bond donors (Lipinski definition) is 2. The van der Waals surface area contributed by atoms with Crippen LogP contribution in [-0.2, 0) is 4.79 Å². The van der Waals surface area contributed by atoms with Crippen LogP contribution in [0.5, 0.6) is 0 Å². The van der Waals surface area contributed by atoms with Crippen molar-refractivity contribution < 1.29 is 9.90 Å². The molecule has 0 radical (unpaired) electrons. The lowest BCUT2D eigenvalue weighted by Gasteiger charge is -2.45. The first-order valence-electron chi connectivity index (χ1n) is 6.78. The molecule has 18 heavy (non-hydrogen) atoms. The lowest BCUT2D eigenvalue weighted by Crippen LogP contribution is -2.43. The van der Waals surface area contributed by atoms with Crippen molar-refractivity contribution in [3.63, 3.8) is 0 Å². The maximum atomic E-state index is 10.8. The van der Waals surface area contributed by atoms with Gasteiger partial charge in [-0.15, -0.1) is 0 Å². The number of hydrogen-bond acceptors (Lipinski definition) is 2. The smallest absolute Gasteiger partial charge is 0.303 e. The Hall–Kier alpha value is -1.51. The highest BCUT2D eigenvalue weighted by atomic mass is 16.4. The van der Waals surface area contributed by atoms with Crippen LogP contribution in [-0.4, -0.2) is 17.6 Å². The maximum Gasteiger partial charge on any atom is 0.303 e. The highest BCUT2D eigenvalue weighted by Crippen LogP contribution is 2.45. The van der Waals surface area contributed by atoms with E-state index in [-0.39, 0.29) is 6.42 Å². The van der Waals surface area contributed by atoms with Crippen LogP contribution in [0.15, 0.2) is 36.1 Å². The Labute approximate surface area is 107 Å². The van der Waals surface area contributed by atoms with Gasteiger partial charge < -0.3 is 10.4 Å². The number of nitrogens with one attached hydrogen (secondary N) is 1. The Kier molecular flexibility index (Phi) is 2.98. The summed E-state index contributed by atoms with van der Waals surface area (Å²) in [6, 6.07) is 0. The molecule has 1 saturated heterocycles. The Morgan fingerprint density at radius 3 is 3.06 bits per heavy atom. The number of carboxylic acid groups (broad SMARTS) is 1. The van der Waals surface area contributed by atoms with Crippen molar-refractivity contribution in [2.75, 3.05) is 6.54 Å². The lowest BCUT2D eigenvalue weighted by atomic mass is 9.64. The second-order valence-electron chi connectivity index (χ2n) is 5.46. The molecular weight excluding hydrogens is 226 g/mol. The van der Waals surface area contributed by atoms with Crippen LogP contribution in [0.25, 0.3) is 0 Å². The average Bonchev–Trinajstić information content (AvgIpc) is 2.36. The molecule has 0 aromatic heterocycles. The topological polar surface area (TPSA) is 49.3 Å². The fourth-order valence-electron chi connectivity index (χ4n) is 3.68. The maximum absolute atomic E-state index is 10.8. The number of fused-ring (bicyclic) bond motifs is 4. The van der Waals surface area contributed by atoms with Gasteiger partial charge in [0.2, 0.25) is 0 Å². The molecule has 1 aliphatic heterocycles. The Morgan fingerprint density at radius 1 is 1.39 bits per heavy atom. The third-order valence-corrected chi connectivity index (χ3v) is 4.48. The van der Waals surface area contributed by atoms with E-state index in [1.54, 1.807) is 0 Å². The van der Waals surface area contributed by atoms with Crippen LogP contribution in [0, 0.1) is 23.7 Å². The van der Waals surface area contributed by atoms with Crippen molar-refractivity contribution in [3.8, 4) is 0 Å². The summed E-state index contributed by atoms with van der Waals surface area (Å²) in [5.41, 5.74) is 1.29. The molecule has 0 saturated carbocycles. The van der Waals surface area contributed by atoms with E-state index in [2.05, 4.69) is 35.7 Å².